The van der Waals surface area contributed by atoms with Crippen molar-refractivity contribution in [2.24, 2.45) is 7.05 Å². The first-order valence-corrected chi connectivity index (χ1v) is 9.43. The highest BCUT2D eigenvalue weighted by Gasteiger charge is 2.30. The van der Waals surface area contributed by atoms with Crippen LogP contribution in [0.2, 0.25) is 0 Å². The van der Waals surface area contributed by atoms with Gasteiger partial charge in [-0.3, -0.25) is 4.79 Å². The molecule has 0 spiro atoms. The summed E-state index contributed by atoms with van der Waals surface area (Å²) in [7, 11) is 1.75. The molecule has 1 saturated heterocycles. The van der Waals surface area contributed by atoms with Gasteiger partial charge < -0.3 is 18.8 Å². The number of aryl methyl sites for hydroxylation is 3. The molecule has 0 aliphatic carbocycles. The lowest BCUT2D eigenvalue weighted by atomic mass is 10.2. The Morgan fingerprint density at radius 2 is 2.07 bits per heavy atom. The van der Waals surface area contributed by atoms with Gasteiger partial charge in [0.15, 0.2) is 11.6 Å². The molecule has 0 N–H and O–H groups in total. The number of hydrogen-bond donors (Lipinski definition) is 0. The number of tetrazole rings is 1. The molecule has 1 unspecified atom stereocenters. The van der Waals surface area contributed by atoms with Crippen LogP contribution in [0, 0.1) is 13.8 Å². The van der Waals surface area contributed by atoms with Crippen molar-refractivity contribution >= 4 is 5.91 Å². The highest BCUT2D eigenvalue weighted by atomic mass is 16.5. The van der Waals surface area contributed by atoms with Crippen molar-refractivity contribution in [1.29, 1.82) is 0 Å². The van der Waals surface area contributed by atoms with Gasteiger partial charge in [0.25, 0.3) is 5.91 Å². The third-order valence-electron chi connectivity index (χ3n) is 4.94. The van der Waals surface area contributed by atoms with Gasteiger partial charge in [0, 0.05) is 19.2 Å². The molecule has 9 nitrogen and oxygen atoms in total. The summed E-state index contributed by atoms with van der Waals surface area (Å²) in [5.41, 5.74) is 2.02. The summed E-state index contributed by atoms with van der Waals surface area (Å²) in [6, 6.07) is 9.58. The number of carbonyl (C=O) groups is 1. The van der Waals surface area contributed by atoms with E-state index in [1.165, 1.54) is 5.56 Å². The monoisotopic (exact) mass is 397 g/mol. The van der Waals surface area contributed by atoms with E-state index in [2.05, 4.69) is 15.5 Å². The summed E-state index contributed by atoms with van der Waals surface area (Å²) in [5.74, 6) is 2.14. The number of rotatable bonds is 5. The maximum absolute atomic E-state index is 13.0. The Balaban J connectivity index is 1.43. The molecule has 1 aromatic carbocycles. The molecule has 4 rings (SSSR count). The molecule has 2 aromatic heterocycles. The zero-order chi connectivity index (χ0) is 20.4. The lowest BCUT2D eigenvalue weighted by Crippen LogP contribution is -2.42. The SMILES string of the molecule is Cc1ccc(OCc2cc(C(=O)N3CCOC(c4nnnn4C)C3)oc2C)cc1. The minimum atomic E-state index is -0.367. The molecular formula is C20H23N5O4. The minimum absolute atomic E-state index is 0.182. The fourth-order valence-corrected chi connectivity index (χ4v) is 3.22. The van der Waals surface area contributed by atoms with E-state index in [0.29, 0.717) is 43.6 Å². The predicted octanol–water partition coefficient (Wildman–Crippen LogP) is 2.21. The van der Waals surface area contributed by atoms with Crippen molar-refractivity contribution in [3.05, 3.63) is 58.8 Å². The molecule has 1 atom stereocenters. The van der Waals surface area contributed by atoms with Gasteiger partial charge in [-0.15, -0.1) is 5.10 Å². The summed E-state index contributed by atoms with van der Waals surface area (Å²) in [6.45, 7) is 5.45. The van der Waals surface area contributed by atoms with Gasteiger partial charge in [-0.25, -0.2) is 4.68 Å². The van der Waals surface area contributed by atoms with Crippen molar-refractivity contribution in [1.82, 2.24) is 25.1 Å². The average molecular weight is 397 g/mol. The van der Waals surface area contributed by atoms with Gasteiger partial charge in [0.2, 0.25) is 0 Å². The number of benzene rings is 1. The number of aromatic nitrogens is 4. The normalized spacial score (nSPS) is 16.8. The first-order valence-electron chi connectivity index (χ1n) is 9.43. The highest BCUT2D eigenvalue weighted by molar-refractivity contribution is 5.92. The Kier molecular flexibility index (Phi) is 5.30. The van der Waals surface area contributed by atoms with Crippen molar-refractivity contribution in [2.45, 2.75) is 26.6 Å². The molecule has 1 fully saturated rings. The van der Waals surface area contributed by atoms with Crippen molar-refractivity contribution in [2.75, 3.05) is 19.7 Å². The third kappa shape index (κ3) is 4.14. The van der Waals surface area contributed by atoms with E-state index >= 15 is 0 Å². The van der Waals surface area contributed by atoms with Gasteiger partial charge in [0.05, 0.1) is 13.2 Å². The number of nitrogens with zero attached hydrogens (tertiary/aromatic N) is 5. The van der Waals surface area contributed by atoms with Gasteiger partial charge in [0.1, 0.15) is 24.2 Å². The molecule has 0 bridgehead atoms. The molecule has 1 amide bonds. The molecule has 3 heterocycles. The van der Waals surface area contributed by atoms with Gasteiger partial charge in [-0.05, 0) is 42.5 Å². The van der Waals surface area contributed by atoms with E-state index in [4.69, 9.17) is 13.9 Å². The van der Waals surface area contributed by atoms with Crippen LogP contribution in [-0.2, 0) is 18.4 Å². The van der Waals surface area contributed by atoms with Crippen LogP contribution in [0.5, 0.6) is 5.75 Å². The smallest absolute Gasteiger partial charge is 0.289 e. The fraction of sp³-hybridized carbons (Fsp3) is 0.400. The van der Waals surface area contributed by atoms with E-state index in [-0.39, 0.29) is 12.0 Å². The molecule has 1 aliphatic rings. The molecule has 1 aliphatic heterocycles. The summed E-state index contributed by atoms with van der Waals surface area (Å²) < 4.78 is 18.8. The Morgan fingerprint density at radius 3 is 2.79 bits per heavy atom. The molecule has 29 heavy (non-hydrogen) atoms. The first kappa shape index (κ1) is 19.1. The molecule has 0 radical (unpaired) electrons. The Bertz CT molecular complexity index is 995. The van der Waals surface area contributed by atoms with Crippen molar-refractivity contribution in [3.63, 3.8) is 0 Å². The van der Waals surface area contributed by atoms with E-state index in [0.717, 1.165) is 11.3 Å². The van der Waals surface area contributed by atoms with Crippen LogP contribution in [0.25, 0.3) is 0 Å². The van der Waals surface area contributed by atoms with E-state index in [9.17, 15) is 4.79 Å². The van der Waals surface area contributed by atoms with Crippen LogP contribution in [0.15, 0.2) is 34.7 Å². The highest BCUT2D eigenvalue weighted by Crippen LogP contribution is 2.23. The largest absolute Gasteiger partial charge is 0.489 e. The maximum Gasteiger partial charge on any atom is 0.289 e. The van der Waals surface area contributed by atoms with E-state index in [1.807, 2.05) is 38.1 Å². The molecule has 9 heteroatoms. The molecule has 3 aromatic rings. The second kappa shape index (κ2) is 8.04. The Morgan fingerprint density at radius 1 is 1.28 bits per heavy atom. The van der Waals surface area contributed by atoms with Gasteiger partial charge >= 0.3 is 0 Å². The quantitative estimate of drug-likeness (QED) is 0.651. The van der Waals surface area contributed by atoms with Crippen LogP contribution in [0.4, 0.5) is 0 Å². The maximum atomic E-state index is 13.0. The summed E-state index contributed by atoms with van der Waals surface area (Å²) in [5, 5.41) is 11.4. The Labute approximate surface area is 168 Å². The molecule has 0 saturated carbocycles. The first-order chi connectivity index (χ1) is 14.0. The molecular weight excluding hydrogens is 374 g/mol. The van der Waals surface area contributed by atoms with Crippen molar-refractivity contribution < 1.29 is 18.7 Å². The lowest BCUT2D eigenvalue weighted by molar-refractivity contribution is -0.0293. The number of ether oxygens (including phenoxy) is 2. The zero-order valence-corrected chi connectivity index (χ0v) is 16.7. The summed E-state index contributed by atoms with van der Waals surface area (Å²) >= 11 is 0. The number of amides is 1. The van der Waals surface area contributed by atoms with Crippen LogP contribution in [0.1, 0.15) is 39.4 Å². The van der Waals surface area contributed by atoms with Crippen LogP contribution in [-0.4, -0.2) is 50.7 Å². The topological polar surface area (TPSA) is 95.5 Å². The second-order valence-corrected chi connectivity index (χ2v) is 7.07. The number of hydrogen-bond acceptors (Lipinski definition) is 7. The van der Waals surface area contributed by atoms with Crippen LogP contribution < -0.4 is 4.74 Å². The summed E-state index contributed by atoms with van der Waals surface area (Å²) in [6.07, 6.45) is -0.367. The number of morpholine rings is 1. The number of carbonyl (C=O) groups excluding carboxylic acids is 1. The van der Waals surface area contributed by atoms with E-state index < -0.39 is 0 Å². The van der Waals surface area contributed by atoms with E-state index in [1.54, 1.807) is 22.7 Å². The number of furan rings is 1. The van der Waals surface area contributed by atoms with Crippen LogP contribution >= 0.6 is 0 Å². The lowest BCUT2D eigenvalue weighted by Gasteiger charge is -2.31. The predicted molar refractivity (Wildman–Crippen MR) is 102 cm³/mol. The average Bonchev–Trinajstić information content (AvgIpc) is 3.32. The van der Waals surface area contributed by atoms with Crippen molar-refractivity contribution in [3.8, 4) is 5.75 Å². The zero-order valence-electron chi connectivity index (χ0n) is 16.7. The minimum Gasteiger partial charge on any atom is -0.489 e. The van der Waals surface area contributed by atoms with Crippen LogP contribution in [0.3, 0.4) is 0 Å². The molecule has 152 valence electrons. The third-order valence-corrected chi connectivity index (χ3v) is 4.94. The van der Waals surface area contributed by atoms with Gasteiger partial charge in [-0.1, -0.05) is 17.7 Å². The summed E-state index contributed by atoms with van der Waals surface area (Å²) in [4.78, 5) is 14.7. The fourth-order valence-electron chi connectivity index (χ4n) is 3.22. The second-order valence-electron chi connectivity index (χ2n) is 7.07. The standard InChI is InChI=1S/C20H23N5O4/c1-13-4-6-16(7-5-13)28-12-15-10-17(29-14(15)2)20(26)25-8-9-27-18(11-25)19-21-22-23-24(19)3/h4-7,10,18H,8-9,11-12H2,1-3H3. The Hall–Kier alpha value is -3.20. The van der Waals surface area contributed by atoms with Gasteiger partial charge in [-0.2, -0.15) is 0 Å².